The summed E-state index contributed by atoms with van der Waals surface area (Å²) >= 11 is 0. The van der Waals surface area contributed by atoms with Gasteiger partial charge in [-0.15, -0.1) is 0 Å². The molecular formula is C16H25N3O3. The Labute approximate surface area is 131 Å². The standard InChI is InChI=1S/C16H25N3O3/c20-13-6-5-7-18(11-13)12-14-10-15(17-22-14)16(21)19-8-3-1-2-4-9-19/h10,13,20H,1-9,11-12H2. The van der Waals surface area contributed by atoms with Crippen molar-refractivity contribution in [2.75, 3.05) is 26.2 Å². The SMILES string of the molecule is O=C(c1cc(CN2CCCC(O)C2)on1)N1CCCCCC1. The van der Waals surface area contributed by atoms with Crippen LogP contribution in [0.1, 0.15) is 54.8 Å². The van der Waals surface area contributed by atoms with E-state index in [0.717, 1.165) is 45.3 Å². The van der Waals surface area contributed by atoms with E-state index < -0.39 is 0 Å². The number of hydrogen-bond acceptors (Lipinski definition) is 5. The second-order valence-electron chi connectivity index (χ2n) is 6.42. The molecule has 0 bridgehead atoms. The number of amides is 1. The number of rotatable bonds is 3. The Bertz CT molecular complexity index is 495. The third kappa shape index (κ3) is 3.87. The van der Waals surface area contributed by atoms with Crippen molar-refractivity contribution >= 4 is 5.91 Å². The Hall–Kier alpha value is -1.40. The molecule has 2 aliphatic rings. The number of likely N-dealkylation sites (tertiary alicyclic amines) is 2. The molecule has 6 nitrogen and oxygen atoms in total. The first kappa shape index (κ1) is 15.5. The van der Waals surface area contributed by atoms with E-state index >= 15 is 0 Å². The summed E-state index contributed by atoms with van der Waals surface area (Å²) in [6.45, 7) is 3.86. The molecule has 3 rings (SSSR count). The molecule has 6 heteroatoms. The quantitative estimate of drug-likeness (QED) is 0.919. The Morgan fingerprint density at radius 2 is 2.00 bits per heavy atom. The molecule has 2 fully saturated rings. The van der Waals surface area contributed by atoms with Gasteiger partial charge in [0.15, 0.2) is 11.5 Å². The zero-order valence-corrected chi connectivity index (χ0v) is 13.0. The Balaban J connectivity index is 1.59. The molecule has 1 aromatic rings. The molecule has 0 aliphatic carbocycles. The molecule has 1 atom stereocenters. The molecule has 1 N–H and O–H groups in total. The minimum atomic E-state index is -0.255. The molecule has 0 spiro atoms. The highest BCUT2D eigenvalue weighted by Gasteiger charge is 2.23. The number of aliphatic hydroxyl groups is 1. The van der Waals surface area contributed by atoms with Crippen LogP contribution in [0.4, 0.5) is 0 Å². The molecular weight excluding hydrogens is 282 g/mol. The minimum Gasteiger partial charge on any atom is -0.392 e. The van der Waals surface area contributed by atoms with Crippen molar-refractivity contribution in [2.24, 2.45) is 0 Å². The lowest BCUT2D eigenvalue weighted by atomic mass is 10.1. The molecule has 2 aliphatic heterocycles. The summed E-state index contributed by atoms with van der Waals surface area (Å²) in [7, 11) is 0. The fourth-order valence-corrected chi connectivity index (χ4v) is 3.32. The lowest BCUT2D eigenvalue weighted by molar-refractivity contribution is 0.0622. The molecule has 122 valence electrons. The highest BCUT2D eigenvalue weighted by atomic mass is 16.5. The van der Waals surface area contributed by atoms with Gasteiger partial charge in [-0.25, -0.2) is 0 Å². The summed E-state index contributed by atoms with van der Waals surface area (Å²) in [5.41, 5.74) is 0.412. The topological polar surface area (TPSA) is 69.8 Å². The van der Waals surface area contributed by atoms with E-state index in [-0.39, 0.29) is 12.0 Å². The van der Waals surface area contributed by atoms with Gasteiger partial charge in [0, 0.05) is 25.7 Å². The largest absolute Gasteiger partial charge is 0.392 e. The summed E-state index contributed by atoms with van der Waals surface area (Å²) in [6.07, 6.45) is 6.15. The zero-order valence-electron chi connectivity index (χ0n) is 13.0. The molecule has 2 saturated heterocycles. The second-order valence-corrected chi connectivity index (χ2v) is 6.42. The van der Waals surface area contributed by atoms with E-state index in [0.29, 0.717) is 24.5 Å². The normalized spacial score (nSPS) is 24.2. The number of β-amino-alcohol motifs (C(OH)–C–C–N with tert-alkyl or cyclic N) is 1. The van der Waals surface area contributed by atoms with Crippen molar-refractivity contribution in [3.05, 3.63) is 17.5 Å². The van der Waals surface area contributed by atoms with Crippen molar-refractivity contribution in [3.8, 4) is 0 Å². The first-order chi connectivity index (χ1) is 10.7. The van der Waals surface area contributed by atoms with Gasteiger partial charge in [-0.2, -0.15) is 0 Å². The number of carbonyl (C=O) groups is 1. The summed E-state index contributed by atoms with van der Waals surface area (Å²) in [5.74, 6) is 0.683. The van der Waals surface area contributed by atoms with Gasteiger partial charge in [-0.3, -0.25) is 9.69 Å². The van der Waals surface area contributed by atoms with Gasteiger partial charge in [-0.05, 0) is 32.2 Å². The number of aromatic nitrogens is 1. The monoisotopic (exact) mass is 307 g/mol. The van der Waals surface area contributed by atoms with Crippen molar-refractivity contribution in [2.45, 2.75) is 51.2 Å². The smallest absolute Gasteiger partial charge is 0.276 e. The summed E-state index contributed by atoms with van der Waals surface area (Å²) in [6, 6.07) is 1.76. The van der Waals surface area contributed by atoms with Crippen molar-refractivity contribution < 1.29 is 14.4 Å². The maximum Gasteiger partial charge on any atom is 0.276 e. The van der Waals surface area contributed by atoms with Crippen LogP contribution in [0.15, 0.2) is 10.6 Å². The van der Waals surface area contributed by atoms with E-state index in [1.54, 1.807) is 6.07 Å². The average molecular weight is 307 g/mol. The molecule has 22 heavy (non-hydrogen) atoms. The molecule has 0 aromatic carbocycles. The van der Waals surface area contributed by atoms with E-state index in [1.165, 1.54) is 12.8 Å². The van der Waals surface area contributed by atoms with Gasteiger partial charge in [0.05, 0.1) is 12.6 Å². The van der Waals surface area contributed by atoms with Gasteiger partial charge in [-0.1, -0.05) is 18.0 Å². The van der Waals surface area contributed by atoms with Crippen molar-refractivity contribution in [1.82, 2.24) is 15.0 Å². The Morgan fingerprint density at radius 3 is 2.73 bits per heavy atom. The van der Waals surface area contributed by atoms with Crippen LogP contribution >= 0.6 is 0 Å². The summed E-state index contributed by atoms with van der Waals surface area (Å²) in [4.78, 5) is 16.5. The lowest BCUT2D eigenvalue weighted by Crippen LogP contribution is -2.37. The third-order valence-electron chi connectivity index (χ3n) is 4.53. The fourth-order valence-electron chi connectivity index (χ4n) is 3.32. The Kier molecular flexibility index (Phi) is 5.10. The summed E-state index contributed by atoms with van der Waals surface area (Å²) in [5, 5.41) is 13.7. The zero-order chi connectivity index (χ0) is 15.4. The second kappa shape index (κ2) is 7.24. The molecule has 1 aromatic heterocycles. The molecule has 3 heterocycles. The van der Waals surface area contributed by atoms with Crippen LogP contribution in [0.2, 0.25) is 0 Å². The van der Waals surface area contributed by atoms with Crippen LogP contribution in [-0.4, -0.2) is 58.3 Å². The Morgan fingerprint density at radius 1 is 1.23 bits per heavy atom. The van der Waals surface area contributed by atoms with E-state index in [9.17, 15) is 9.90 Å². The highest BCUT2D eigenvalue weighted by molar-refractivity contribution is 5.92. The third-order valence-corrected chi connectivity index (χ3v) is 4.53. The number of carbonyl (C=O) groups excluding carboxylic acids is 1. The van der Waals surface area contributed by atoms with Crippen LogP contribution in [-0.2, 0) is 6.54 Å². The molecule has 0 saturated carbocycles. The minimum absolute atomic E-state index is 0.0180. The first-order valence-corrected chi connectivity index (χ1v) is 8.37. The maximum absolute atomic E-state index is 12.5. The number of aliphatic hydroxyl groups excluding tert-OH is 1. The van der Waals surface area contributed by atoms with E-state index in [1.807, 2.05) is 4.90 Å². The predicted molar refractivity (Wildman–Crippen MR) is 81.4 cm³/mol. The molecule has 1 unspecified atom stereocenters. The van der Waals surface area contributed by atoms with Crippen LogP contribution in [0.25, 0.3) is 0 Å². The van der Waals surface area contributed by atoms with Crippen molar-refractivity contribution in [1.29, 1.82) is 0 Å². The number of nitrogens with zero attached hydrogens (tertiary/aromatic N) is 3. The average Bonchev–Trinajstić information content (AvgIpc) is 2.80. The van der Waals surface area contributed by atoms with Gasteiger partial charge in [0.25, 0.3) is 5.91 Å². The molecule has 0 radical (unpaired) electrons. The van der Waals surface area contributed by atoms with Gasteiger partial charge in [0.2, 0.25) is 0 Å². The van der Waals surface area contributed by atoms with Crippen LogP contribution in [0.3, 0.4) is 0 Å². The van der Waals surface area contributed by atoms with Gasteiger partial charge in [0.1, 0.15) is 0 Å². The van der Waals surface area contributed by atoms with E-state index in [2.05, 4.69) is 10.1 Å². The number of hydrogen-bond donors (Lipinski definition) is 1. The first-order valence-electron chi connectivity index (χ1n) is 8.37. The maximum atomic E-state index is 12.5. The van der Waals surface area contributed by atoms with E-state index in [4.69, 9.17) is 4.52 Å². The van der Waals surface area contributed by atoms with Crippen LogP contribution in [0.5, 0.6) is 0 Å². The molecule has 1 amide bonds. The predicted octanol–water partition coefficient (Wildman–Crippen LogP) is 1.65. The van der Waals surface area contributed by atoms with Crippen molar-refractivity contribution in [3.63, 3.8) is 0 Å². The van der Waals surface area contributed by atoms with Crippen LogP contribution in [0, 0.1) is 0 Å². The van der Waals surface area contributed by atoms with Gasteiger partial charge < -0.3 is 14.5 Å². The summed E-state index contributed by atoms with van der Waals surface area (Å²) < 4.78 is 5.33. The van der Waals surface area contributed by atoms with Gasteiger partial charge >= 0.3 is 0 Å². The lowest BCUT2D eigenvalue weighted by Gasteiger charge is -2.28. The fraction of sp³-hybridized carbons (Fsp3) is 0.750. The van der Waals surface area contributed by atoms with Crippen LogP contribution < -0.4 is 0 Å². The highest BCUT2D eigenvalue weighted by Crippen LogP contribution is 2.16. The number of piperidine rings is 1.